The normalized spacial score (nSPS) is 11.5. The summed E-state index contributed by atoms with van der Waals surface area (Å²) in [5.74, 6) is -0.0143. The molecule has 0 aliphatic carbocycles. The van der Waals surface area contributed by atoms with Gasteiger partial charge in [-0.25, -0.2) is 8.42 Å². The summed E-state index contributed by atoms with van der Waals surface area (Å²) in [4.78, 5) is 11.4. The molecule has 0 aromatic rings. The number of hydrogen-bond donors (Lipinski definition) is 1. The molecule has 1 N–H and O–H groups in total. The molecular weight excluding hydrogens is 356 g/mol. The maximum absolute atomic E-state index is 11.4. The molecule has 26 heavy (non-hydrogen) atoms. The summed E-state index contributed by atoms with van der Waals surface area (Å²) in [5, 5.41) is 2.93. The van der Waals surface area contributed by atoms with E-state index in [4.69, 9.17) is 0 Å². The average molecular weight is 395 g/mol. The number of rotatable bonds is 13. The van der Waals surface area contributed by atoms with E-state index in [1.54, 1.807) is 6.92 Å². The lowest BCUT2D eigenvalue weighted by Gasteiger charge is -2.38. The van der Waals surface area contributed by atoms with Crippen LogP contribution < -0.4 is 5.32 Å². The molecule has 0 spiro atoms. The van der Waals surface area contributed by atoms with Gasteiger partial charge in [-0.1, -0.05) is 27.4 Å². The maximum Gasteiger partial charge on any atom is 0.246 e. The van der Waals surface area contributed by atoms with Gasteiger partial charge in [0.2, 0.25) is 16.3 Å². The molecule has 0 radical (unpaired) electrons. The lowest BCUT2D eigenvalue weighted by atomic mass is 10.2. The second-order valence-corrected chi connectivity index (χ2v) is 7.49. The van der Waals surface area contributed by atoms with Crippen molar-refractivity contribution in [3.8, 4) is 0 Å². The van der Waals surface area contributed by atoms with E-state index in [1.165, 1.54) is 56.8 Å². The zero-order chi connectivity index (χ0) is 20.6. The molecule has 0 rings (SSSR count). The van der Waals surface area contributed by atoms with Gasteiger partial charge >= 0.3 is 0 Å². The number of carbonyl (C=O) groups excluding carboxylic acids is 1. The molecule has 0 aromatic carbocycles. The Labute approximate surface area is 160 Å². The van der Waals surface area contributed by atoms with E-state index >= 15 is 0 Å². The minimum absolute atomic E-state index is 0.0143. The van der Waals surface area contributed by atoms with Crippen LogP contribution in [0.2, 0.25) is 0 Å². The fourth-order valence-electron chi connectivity index (χ4n) is 3.01. The number of nitrogens with one attached hydrogen (secondary N) is 1. The van der Waals surface area contributed by atoms with Crippen LogP contribution in [-0.2, 0) is 19.4 Å². The smallest absolute Gasteiger partial charge is 0.246 e. The Balaban J connectivity index is 0. The second-order valence-electron chi connectivity index (χ2n) is 6.44. The molecule has 0 fully saturated rings. The van der Waals surface area contributed by atoms with Gasteiger partial charge in [-0.05, 0) is 33.1 Å². The first-order chi connectivity index (χ1) is 12.1. The molecule has 0 saturated carbocycles. The molecule has 0 saturated heterocycles. The highest BCUT2D eigenvalue weighted by molar-refractivity contribution is 7.80. The standard InChI is InChI=1S/C16H32N2O.C2H6O4S/c1-6-11-18(12-7-2,13-8-3)14-9-10-17-16(19)15(4)5;1-2-6-7(3,4)5/h4,6-14H2,1-3,5H3;2H2,1H3,(H,3,4,5). The lowest BCUT2D eigenvalue weighted by Crippen LogP contribution is -2.51. The number of carbonyl (C=O) groups is 1. The Morgan fingerprint density at radius 3 is 1.77 bits per heavy atom. The van der Waals surface area contributed by atoms with E-state index in [1.807, 2.05) is 0 Å². The monoisotopic (exact) mass is 394 g/mol. The van der Waals surface area contributed by atoms with Crippen molar-refractivity contribution in [2.75, 3.05) is 39.3 Å². The number of quaternary nitrogens is 1. The Kier molecular flexibility index (Phi) is 15.9. The van der Waals surface area contributed by atoms with E-state index in [0.29, 0.717) is 5.57 Å². The SMILES string of the molecule is C=C(C)C(=O)NCCC[N+](CCC)(CCC)CCC.CCOS(=O)(=O)[O-]. The number of nitrogens with zero attached hydrogens (tertiary/aromatic N) is 1. The predicted molar refractivity (Wildman–Crippen MR) is 104 cm³/mol. The van der Waals surface area contributed by atoms with Crippen molar-refractivity contribution in [2.45, 2.75) is 60.3 Å². The molecule has 0 aromatic heterocycles. The first-order valence-electron chi connectivity index (χ1n) is 9.46. The lowest BCUT2D eigenvalue weighted by molar-refractivity contribution is -0.928. The molecule has 8 heteroatoms. The van der Waals surface area contributed by atoms with Crippen molar-refractivity contribution in [2.24, 2.45) is 0 Å². The molecule has 0 atom stereocenters. The van der Waals surface area contributed by atoms with Gasteiger partial charge in [0.05, 0.1) is 32.8 Å². The van der Waals surface area contributed by atoms with Gasteiger partial charge in [0.1, 0.15) is 0 Å². The minimum atomic E-state index is -4.42. The van der Waals surface area contributed by atoms with Crippen molar-refractivity contribution in [3.05, 3.63) is 12.2 Å². The first-order valence-corrected chi connectivity index (χ1v) is 10.8. The predicted octanol–water partition coefficient (Wildman–Crippen LogP) is 2.60. The summed E-state index contributed by atoms with van der Waals surface area (Å²) in [6.45, 7) is 19.3. The Bertz CT molecular complexity index is 475. The van der Waals surface area contributed by atoms with Crippen LogP contribution in [-0.4, -0.2) is 62.7 Å². The highest BCUT2D eigenvalue weighted by atomic mass is 32.3. The molecule has 7 nitrogen and oxygen atoms in total. The van der Waals surface area contributed by atoms with E-state index < -0.39 is 10.4 Å². The van der Waals surface area contributed by atoms with Crippen LogP contribution in [0.3, 0.4) is 0 Å². The van der Waals surface area contributed by atoms with Gasteiger partial charge in [-0.15, -0.1) is 0 Å². The molecule has 0 aliphatic rings. The maximum atomic E-state index is 11.4. The fraction of sp³-hybridized carbons (Fsp3) is 0.833. The van der Waals surface area contributed by atoms with Crippen LogP contribution >= 0.6 is 0 Å². The zero-order valence-electron chi connectivity index (χ0n) is 17.2. The van der Waals surface area contributed by atoms with E-state index in [0.717, 1.165) is 13.0 Å². The van der Waals surface area contributed by atoms with E-state index in [2.05, 4.69) is 36.9 Å². The number of amides is 1. The van der Waals surface area contributed by atoms with Crippen LogP contribution in [0.5, 0.6) is 0 Å². The minimum Gasteiger partial charge on any atom is -0.726 e. The Morgan fingerprint density at radius 1 is 1.04 bits per heavy atom. The average Bonchev–Trinajstić information content (AvgIpc) is 2.51. The van der Waals surface area contributed by atoms with Gasteiger partial charge in [-0.2, -0.15) is 0 Å². The Hall–Kier alpha value is -0.960. The third-order valence-electron chi connectivity index (χ3n) is 3.84. The summed E-state index contributed by atoms with van der Waals surface area (Å²) in [6.07, 6.45) is 4.76. The third-order valence-corrected chi connectivity index (χ3v) is 4.36. The van der Waals surface area contributed by atoms with Crippen LogP contribution in [0.25, 0.3) is 0 Å². The van der Waals surface area contributed by atoms with Crippen molar-refractivity contribution in [1.82, 2.24) is 5.32 Å². The molecule has 1 amide bonds. The second kappa shape index (κ2) is 15.1. The van der Waals surface area contributed by atoms with Crippen molar-refractivity contribution >= 4 is 16.3 Å². The number of hydrogen-bond acceptors (Lipinski definition) is 5. The largest absolute Gasteiger partial charge is 0.726 e. The first kappa shape index (κ1) is 27.3. The highest BCUT2D eigenvalue weighted by Gasteiger charge is 2.23. The topological polar surface area (TPSA) is 95.5 Å². The third kappa shape index (κ3) is 15.3. The summed E-state index contributed by atoms with van der Waals surface area (Å²) >= 11 is 0. The zero-order valence-corrected chi connectivity index (χ0v) is 18.0. The molecule has 0 bridgehead atoms. The molecular formula is C18H38N2O5S. The van der Waals surface area contributed by atoms with Gasteiger partial charge < -0.3 is 14.4 Å². The molecule has 0 heterocycles. The van der Waals surface area contributed by atoms with Crippen LogP contribution in [0, 0.1) is 0 Å². The van der Waals surface area contributed by atoms with E-state index in [-0.39, 0.29) is 12.5 Å². The van der Waals surface area contributed by atoms with Crippen molar-refractivity contribution in [3.63, 3.8) is 0 Å². The van der Waals surface area contributed by atoms with Gasteiger partial charge in [-0.3, -0.25) is 8.98 Å². The van der Waals surface area contributed by atoms with Gasteiger partial charge in [0.15, 0.2) is 0 Å². The highest BCUT2D eigenvalue weighted by Crippen LogP contribution is 2.12. The van der Waals surface area contributed by atoms with Gasteiger partial charge in [0.25, 0.3) is 0 Å². The quantitative estimate of drug-likeness (QED) is 0.170. The summed E-state index contributed by atoms with van der Waals surface area (Å²) in [7, 11) is -4.42. The summed E-state index contributed by atoms with van der Waals surface area (Å²) in [6, 6.07) is 0. The van der Waals surface area contributed by atoms with E-state index in [9.17, 15) is 17.8 Å². The summed E-state index contributed by atoms with van der Waals surface area (Å²) in [5.41, 5.74) is 0.594. The van der Waals surface area contributed by atoms with Crippen LogP contribution in [0.1, 0.15) is 60.3 Å². The Morgan fingerprint density at radius 2 is 1.50 bits per heavy atom. The van der Waals surface area contributed by atoms with Crippen LogP contribution in [0.4, 0.5) is 0 Å². The summed E-state index contributed by atoms with van der Waals surface area (Å²) < 4.78 is 33.2. The molecule has 156 valence electrons. The molecule has 0 aliphatic heterocycles. The fourth-order valence-corrected chi connectivity index (χ4v) is 3.29. The van der Waals surface area contributed by atoms with Crippen molar-refractivity contribution in [1.29, 1.82) is 0 Å². The van der Waals surface area contributed by atoms with Crippen molar-refractivity contribution < 1.29 is 26.4 Å². The molecule has 0 unspecified atom stereocenters. The van der Waals surface area contributed by atoms with Gasteiger partial charge in [0, 0.05) is 18.5 Å². The van der Waals surface area contributed by atoms with Crippen LogP contribution in [0.15, 0.2) is 12.2 Å².